The Morgan fingerprint density at radius 1 is 0.400 bits per heavy atom. The van der Waals surface area contributed by atoms with Crippen molar-refractivity contribution in [3.63, 3.8) is 0 Å². The molecule has 2 heterocycles. The summed E-state index contributed by atoms with van der Waals surface area (Å²) in [4.78, 5) is 2.49. The van der Waals surface area contributed by atoms with E-state index in [-0.39, 0.29) is 6.04 Å². The van der Waals surface area contributed by atoms with Gasteiger partial charge in [0.1, 0.15) is 0 Å². The summed E-state index contributed by atoms with van der Waals surface area (Å²) in [5.41, 5.74) is 14.9. The van der Waals surface area contributed by atoms with E-state index in [0.717, 1.165) is 0 Å². The van der Waals surface area contributed by atoms with E-state index in [9.17, 15) is 0 Å². The first kappa shape index (κ1) is 28.6. The summed E-state index contributed by atoms with van der Waals surface area (Å²) in [6.45, 7) is 0. The Labute approximate surface area is 292 Å². The molecule has 10 rings (SSSR count). The van der Waals surface area contributed by atoms with Gasteiger partial charge in [-0.05, 0) is 99.6 Å². The van der Waals surface area contributed by atoms with Gasteiger partial charge in [0, 0.05) is 33.8 Å². The molecule has 2 nitrogen and oxygen atoms in total. The number of hydrogen-bond donors (Lipinski definition) is 0. The van der Waals surface area contributed by atoms with Crippen LogP contribution in [0.1, 0.15) is 11.5 Å². The fraction of sp³-hybridized carbons (Fsp3) is 0.0417. The first-order valence-electron chi connectivity index (χ1n) is 17.4. The summed E-state index contributed by atoms with van der Waals surface area (Å²) in [5, 5.41) is 2.53. The summed E-state index contributed by atoms with van der Waals surface area (Å²) < 4.78 is 2.37. The van der Waals surface area contributed by atoms with Crippen LogP contribution in [0.25, 0.3) is 60.9 Å². The van der Waals surface area contributed by atoms with Crippen molar-refractivity contribution in [1.82, 2.24) is 4.57 Å². The van der Waals surface area contributed by atoms with E-state index in [2.05, 4.69) is 204 Å². The molecule has 7 aromatic carbocycles. The molecule has 0 N–H and O–H groups in total. The highest BCUT2D eigenvalue weighted by atomic mass is 15.2. The number of aromatic nitrogens is 1. The van der Waals surface area contributed by atoms with Gasteiger partial charge in [-0.15, -0.1) is 0 Å². The average molecular weight is 639 g/mol. The quantitative estimate of drug-likeness (QED) is 0.182. The molecule has 8 aromatic rings. The van der Waals surface area contributed by atoms with Crippen LogP contribution in [-0.2, 0) is 0 Å². The van der Waals surface area contributed by atoms with Crippen molar-refractivity contribution in [1.29, 1.82) is 0 Å². The van der Waals surface area contributed by atoms with Crippen LogP contribution in [0.4, 0.5) is 11.4 Å². The van der Waals surface area contributed by atoms with Crippen LogP contribution in [-0.4, -0.2) is 10.6 Å². The van der Waals surface area contributed by atoms with E-state index in [4.69, 9.17) is 0 Å². The largest absolute Gasteiger partial charge is 0.333 e. The van der Waals surface area contributed by atoms with E-state index in [0.29, 0.717) is 5.92 Å². The Bertz CT molecular complexity index is 2610. The number of hydrogen-bond acceptors (Lipinski definition) is 1. The van der Waals surface area contributed by atoms with E-state index in [1.165, 1.54) is 77.8 Å². The number of nitrogens with zero attached hydrogens (tertiary/aromatic N) is 2. The van der Waals surface area contributed by atoms with Gasteiger partial charge >= 0.3 is 0 Å². The Morgan fingerprint density at radius 3 is 1.84 bits per heavy atom. The third kappa shape index (κ3) is 4.57. The smallest absolute Gasteiger partial charge is 0.0629 e. The highest BCUT2D eigenvalue weighted by molar-refractivity contribution is 6.10. The summed E-state index contributed by atoms with van der Waals surface area (Å²) in [6.07, 6.45) is 9.08. The molecule has 1 aromatic heterocycles. The first-order valence-corrected chi connectivity index (χ1v) is 17.4. The third-order valence-electron chi connectivity index (χ3n) is 10.5. The molecule has 2 aliphatic rings. The summed E-state index contributed by atoms with van der Waals surface area (Å²) in [5.74, 6) is 0.313. The molecule has 0 spiro atoms. The maximum Gasteiger partial charge on any atom is 0.0629 e. The summed E-state index contributed by atoms with van der Waals surface area (Å²) >= 11 is 0. The predicted molar refractivity (Wildman–Crippen MR) is 210 cm³/mol. The van der Waals surface area contributed by atoms with Crippen molar-refractivity contribution in [3.05, 3.63) is 200 Å². The lowest BCUT2D eigenvalue weighted by Crippen LogP contribution is -2.28. The minimum Gasteiger partial charge on any atom is -0.333 e. The zero-order valence-corrected chi connectivity index (χ0v) is 27.5. The second kappa shape index (κ2) is 11.6. The monoisotopic (exact) mass is 638 g/mol. The van der Waals surface area contributed by atoms with Gasteiger partial charge in [-0.1, -0.05) is 133 Å². The zero-order valence-electron chi connectivity index (χ0n) is 27.5. The van der Waals surface area contributed by atoms with Crippen molar-refractivity contribution >= 4 is 33.2 Å². The SMILES string of the molecule is C1=CC2c3cc(-c4ccccc4-c4cccc(-c5ccc6c(c5)c5ccccc5n6-c5ccccc5)c4)ccc3N(c3ccccc3)C2C=C1. The molecule has 0 saturated carbocycles. The van der Waals surface area contributed by atoms with Gasteiger partial charge in [0.05, 0.1) is 17.1 Å². The van der Waals surface area contributed by atoms with Crippen molar-refractivity contribution in [2.75, 3.05) is 4.90 Å². The Balaban J connectivity index is 1.06. The number of benzene rings is 7. The van der Waals surface area contributed by atoms with Crippen LogP contribution >= 0.6 is 0 Å². The van der Waals surface area contributed by atoms with Crippen LogP contribution in [0.5, 0.6) is 0 Å². The molecule has 236 valence electrons. The molecule has 50 heavy (non-hydrogen) atoms. The minimum atomic E-state index is 0.277. The molecule has 2 heteroatoms. The molecule has 1 aliphatic heterocycles. The molecule has 0 saturated heterocycles. The highest BCUT2D eigenvalue weighted by Crippen LogP contribution is 2.49. The lowest BCUT2D eigenvalue weighted by Gasteiger charge is -2.28. The fourth-order valence-corrected chi connectivity index (χ4v) is 8.26. The first-order chi connectivity index (χ1) is 24.8. The predicted octanol–water partition coefficient (Wildman–Crippen LogP) is 12.5. The Kier molecular flexibility index (Phi) is 6.67. The molecule has 0 radical (unpaired) electrons. The van der Waals surface area contributed by atoms with Crippen molar-refractivity contribution < 1.29 is 0 Å². The Hall–Kier alpha value is -6.38. The second-order valence-corrected chi connectivity index (χ2v) is 13.3. The molecule has 1 aliphatic carbocycles. The van der Waals surface area contributed by atoms with Crippen molar-refractivity contribution in [2.24, 2.45) is 0 Å². The number of fused-ring (bicyclic) bond motifs is 6. The lowest BCUT2D eigenvalue weighted by atomic mass is 9.88. The van der Waals surface area contributed by atoms with Crippen LogP contribution in [0.3, 0.4) is 0 Å². The molecular formula is C48H34N2. The molecular weight excluding hydrogens is 605 g/mol. The summed E-state index contributed by atoms with van der Waals surface area (Å²) in [7, 11) is 0. The molecule has 2 unspecified atom stereocenters. The number of rotatable bonds is 5. The molecule has 0 bridgehead atoms. The average Bonchev–Trinajstić information content (AvgIpc) is 3.71. The van der Waals surface area contributed by atoms with Gasteiger partial charge in [0.25, 0.3) is 0 Å². The number of anilines is 2. The lowest BCUT2D eigenvalue weighted by molar-refractivity contribution is 0.745. The van der Waals surface area contributed by atoms with Gasteiger partial charge in [0.2, 0.25) is 0 Å². The van der Waals surface area contributed by atoms with Crippen LogP contribution < -0.4 is 4.90 Å². The van der Waals surface area contributed by atoms with E-state index < -0.39 is 0 Å². The van der Waals surface area contributed by atoms with Crippen molar-refractivity contribution in [3.8, 4) is 39.1 Å². The fourth-order valence-electron chi connectivity index (χ4n) is 8.26. The van der Waals surface area contributed by atoms with E-state index in [1.807, 2.05) is 0 Å². The van der Waals surface area contributed by atoms with Gasteiger partial charge < -0.3 is 9.47 Å². The Morgan fingerprint density at radius 2 is 1.02 bits per heavy atom. The van der Waals surface area contributed by atoms with Crippen LogP contribution in [0, 0.1) is 0 Å². The maximum atomic E-state index is 2.49. The van der Waals surface area contributed by atoms with E-state index in [1.54, 1.807) is 0 Å². The normalized spacial score (nSPS) is 16.2. The summed E-state index contributed by atoms with van der Waals surface area (Å²) in [6, 6.07) is 62.3. The number of para-hydroxylation sites is 3. The maximum absolute atomic E-state index is 2.49. The van der Waals surface area contributed by atoms with Crippen LogP contribution in [0.15, 0.2) is 194 Å². The molecule has 2 atom stereocenters. The minimum absolute atomic E-state index is 0.277. The molecule has 0 fully saturated rings. The number of allylic oxidation sites excluding steroid dienone is 2. The van der Waals surface area contributed by atoms with Gasteiger partial charge in [-0.25, -0.2) is 0 Å². The van der Waals surface area contributed by atoms with E-state index >= 15 is 0 Å². The second-order valence-electron chi connectivity index (χ2n) is 13.3. The third-order valence-corrected chi connectivity index (χ3v) is 10.5. The zero-order chi connectivity index (χ0) is 33.0. The molecule has 0 amide bonds. The highest BCUT2D eigenvalue weighted by Gasteiger charge is 2.37. The van der Waals surface area contributed by atoms with Crippen molar-refractivity contribution in [2.45, 2.75) is 12.0 Å². The standard InChI is InChI=1S/C48H34N2/c1-3-16-37(17-4-1)49-45-24-11-9-22-41(45)43-31-34(26-28-47(43)49)33-14-13-15-35(30-33)39-20-7-8-21-40(39)36-27-29-48-44(32-36)42-23-10-12-25-46(42)50(48)38-18-5-2-6-19-38/h1-32,42,46H. The topological polar surface area (TPSA) is 8.17 Å². The van der Waals surface area contributed by atoms with Gasteiger partial charge in [0.15, 0.2) is 0 Å². The van der Waals surface area contributed by atoms with Gasteiger partial charge in [-0.2, -0.15) is 0 Å². The van der Waals surface area contributed by atoms with Crippen LogP contribution in [0.2, 0.25) is 0 Å². The van der Waals surface area contributed by atoms with Gasteiger partial charge in [-0.3, -0.25) is 0 Å².